The van der Waals surface area contributed by atoms with E-state index < -0.39 is 5.79 Å². The van der Waals surface area contributed by atoms with Gasteiger partial charge in [0.15, 0.2) is 17.8 Å². The molecule has 3 fully saturated rings. The third kappa shape index (κ3) is 6.97. The van der Waals surface area contributed by atoms with Crippen LogP contribution in [0.3, 0.4) is 0 Å². The van der Waals surface area contributed by atoms with Gasteiger partial charge in [-0.25, -0.2) is 4.98 Å². The number of benzene rings is 2. The van der Waals surface area contributed by atoms with E-state index in [2.05, 4.69) is 67.8 Å². The second-order valence-electron chi connectivity index (χ2n) is 14.9. The van der Waals surface area contributed by atoms with Gasteiger partial charge in [-0.3, -0.25) is 9.69 Å². The van der Waals surface area contributed by atoms with Crippen molar-refractivity contribution in [3.8, 4) is 11.5 Å². The first-order valence-electron chi connectivity index (χ1n) is 18.3. The Morgan fingerprint density at radius 2 is 1.82 bits per heavy atom. The zero-order valence-corrected chi connectivity index (χ0v) is 30.9. The van der Waals surface area contributed by atoms with Crippen LogP contribution >= 0.6 is 11.6 Å². The molecule has 7 nitrogen and oxygen atoms in total. The van der Waals surface area contributed by atoms with Gasteiger partial charge in [0, 0.05) is 41.9 Å². The largest absolute Gasteiger partial charge is 0.445 e. The molecule has 0 N–H and O–H groups in total. The number of aryl methyl sites for hydroxylation is 1. The van der Waals surface area contributed by atoms with E-state index in [1.165, 1.54) is 36.1 Å². The number of ether oxygens (including phenoxy) is 3. The number of pyridine rings is 1. The molecule has 4 aliphatic rings. The van der Waals surface area contributed by atoms with Crippen molar-refractivity contribution in [3.05, 3.63) is 98.3 Å². The number of piperidine rings is 1. The fraction of sp³-hybridized carbons (Fsp3) is 0.476. The molecule has 3 aromatic rings. The molecule has 264 valence electrons. The van der Waals surface area contributed by atoms with Crippen LogP contribution in [0.15, 0.2) is 59.8 Å². The number of hydrogen-bond donors (Lipinski definition) is 0. The van der Waals surface area contributed by atoms with Crippen LogP contribution in [0.2, 0.25) is 5.02 Å². The zero-order valence-electron chi connectivity index (χ0n) is 30.1. The van der Waals surface area contributed by atoms with Crippen molar-refractivity contribution in [1.29, 1.82) is 0 Å². The van der Waals surface area contributed by atoms with Gasteiger partial charge in [0.05, 0.1) is 12.6 Å². The van der Waals surface area contributed by atoms with Crippen LogP contribution < -0.4 is 14.4 Å². The molecule has 0 spiro atoms. The van der Waals surface area contributed by atoms with E-state index in [0.717, 1.165) is 103 Å². The van der Waals surface area contributed by atoms with Crippen LogP contribution in [0.5, 0.6) is 11.5 Å². The summed E-state index contributed by atoms with van der Waals surface area (Å²) in [5, 5.41) is 0.755. The summed E-state index contributed by atoms with van der Waals surface area (Å²) in [7, 11) is 0. The Labute approximate surface area is 302 Å². The minimum atomic E-state index is -0.938. The summed E-state index contributed by atoms with van der Waals surface area (Å²) in [6, 6.07) is 14.1. The number of carbonyl (C=O) groups excluding carboxylic acids is 1. The highest BCUT2D eigenvalue weighted by atomic mass is 35.5. The monoisotopic (exact) mass is 695 g/mol. The summed E-state index contributed by atoms with van der Waals surface area (Å²) in [5.74, 6) is 2.58. The van der Waals surface area contributed by atoms with Gasteiger partial charge < -0.3 is 19.1 Å². The number of aldehydes is 1. The molecule has 1 saturated carbocycles. The predicted molar refractivity (Wildman–Crippen MR) is 200 cm³/mol. The summed E-state index contributed by atoms with van der Waals surface area (Å²) >= 11 is 6.71. The van der Waals surface area contributed by atoms with E-state index >= 15 is 0 Å². The Morgan fingerprint density at radius 1 is 1.04 bits per heavy atom. The zero-order chi connectivity index (χ0) is 35.0. The Hall–Kier alpha value is -3.65. The standard InChI is InChI=1S/C42H50ClN3O4/c1-27(2)38(46(24-33-20-23-48-33)41-28(3)12-14-32(26-47)44-41)25-45-21-18-31(19-22-45)35-10-7-11-39-40(35)50-42(5,49-39)36-16-17-37(43)34(29(36)4)15-13-30-8-6-9-30/h7,10-17,26,30-31,33H,6,8-9,18-25H2,1-5H3/b15-13-. The quantitative estimate of drug-likeness (QED) is 0.185. The number of carbonyl (C=O) groups is 1. The fourth-order valence-corrected chi connectivity index (χ4v) is 8.06. The van der Waals surface area contributed by atoms with Gasteiger partial charge in [0.25, 0.3) is 5.79 Å². The Kier molecular flexibility index (Phi) is 10.1. The molecule has 2 aromatic carbocycles. The molecule has 7 rings (SSSR count). The molecule has 2 atom stereocenters. The van der Waals surface area contributed by atoms with Crippen LogP contribution in [0.1, 0.15) is 104 Å². The van der Waals surface area contributed by atoms with Gasteiger partial charge in [-0.05, 0) is 126 Å². The second-order valence-corrected chi connectivity index (χ2v) is 15.3. The van der Waals surface area contributed by atoms with Crippen LogP contribution in [-0.2, 0) is 10.5 Å². The van der Waals surface area contributed by atoms with Crippen LogP contribution in [0.4, 0.5) is 5.82 Å². The van der Waals surface area contributed by atoms with Gasteiger partial charge in [-0.15, -0.1) is 0 Å². The number of anilines is 1. The van der Waals surface area contributed by atoms with Gasteiger partial charge >= 0.3 is 0 Å². The topological polar surface area (TPSA) is 64.1 Å². The molecule has 0 bridgehead atoms. The number of nitrogens with zero attached hydrogens (tertiary/aromatic N) is 3. The molecule has 0 radical (unpaired) electrons. The van der Waals surface area contributed by atoms with E-state index in [1.807, 2.05) is 25.1 Å². The van der Waals surface area contributed by atoms with Crippen molar-refractivity contribution < 1.29 is 19.0 Å². The lowest BCUT2D eigenvalue weighted by Crippen LogP contribution is -2.44. The maximum atomic E-state index is 11.7. The van der Waals surface area contributed by atoms with Crippen molar-refractivity contribution in [3.63, 3.8) is 0 Å². The Bertz CT molecular complexity index is 1800. The third-order valence-corrected chi connectivity index (χ3v) is 11.5. The summed E-state index contributed by atoms with van der Waals surface area (Å²) in [5.41, 5.74) is 8.33. The Morgan fingerprint density at radius 3 is 2.48 bits per heavy atom. The number of halogens is 1. The average molecular weight is 696 g/mol. The third-order valence-electron chi connectivity index (χ3n) is 11.2. The maximum Gasteiger partial charge on any atom is 0.275 e. The molecular weight excluding hydrogens is 646 g/mol. The molecule has 3 aliphatic heterocycles. The van der Waals surface area contributed by atoms with Crippen molar-refractivity contribution in [2.24, 2.45) is 5.92 Å². The number of fused-ring (bicyclic) bond motifs is 1. The molecular formula is C42H50ClN3O4. The molecule has 2 unspecified atom stereocenters. The number of aromatic nitrogens is 1. The van der Waals surface area contributed by atoms with Crippen molar-refractivity contribution in [1.82, 2.24) is 9.88 Å². The van der Waals surface area contributed by atoms with E-state index in [0.29, 0.717) is 17.5 Å². The van der Waals surface area contributed by atoms with Gasteiger partial charge in [0.2, 0.25) is 0 Å². The lowest BCUT2D eigenvalue weighted by molar-refractivity contribution is -0.0690. The van der Waals surface area contributed by atoms with E-state index in [-0.39, 0.29) is 6.10 Å². The fourth-order valence-electron chi connectivity index (χ4n) is 7.79. The normalized spacial score (nSPS) is 22.3. The summed E-state index contributed by atoms with van der Waals surface area (Å²) in [6.07, 6.45) is 12.4. The van der Waals surface area contributed by atoms with E-state index in [9.17, 15) is 4.79 Å². The number of allylic oxidation sites excluding steroid dienone is 2. The van der Waals surface area contributed by atoms with Crippen molar-refractivity contribution in [2.45, 2.75) is 91.0 Å². The maximum absolute atomic E-state index is 11.7. The van der Waals surface area contributed by atoms with Crippen LogP contribution in [0, 0.1) is 19.8 Å². The molecule has 2 saturated heterocycles. The van der Waals surface area contributed by atoms with Gasteiger partial charge in [0.1, 0.15) is 11.5 Å². The lowest BCUT2D eigenvalue weighted by Gasteiger charge is -2.39. The second kappa shape index (κ2) is 14.5. The summed E-state index contributed by atoms with van der Waals surface area (Å²) in [4.78, 5) is 21.3. The summed E-state index contributed by atoms with van der Waals surface area (Å²) < 4.78 is 19.3. The SMILES string of the molecule is CC(C)=C(CN1CCC(c2cccc3c2OC(C)(c2ccc(Cl)c(/C=C\C4CCC4)c2C)O3)CC1)N(CC1CCO1)c1nc(C=O)ccc1C. The number of rotatable bonds is 11. The van der Waals surface area contributed by atoms with E-state index in [1.54, 1.807) is 6.07 Å². The highest BCUT2D eigenvalue weighted by Crippen LogP contribution is 2.50. The smallest absolute Gasteiger partial charge is 0.275 e. The minimum absolute atomic E-state index is 0.163. The predicted octanol–water partition coefficient (Wildman–Crippen LogP) is 9.39. The van der Waals surface area contributed by atoms with Crippen LogP contribution in [0.25, 0.3) is 6.08 Å². The molecule has 0 amide bonds. The molecule has 50 heavy (non-hydrogen) atoms. The summed E-state index contributed by atoms with van der Waals surface area (Å²) in [6.45, 7) is 14.8. The van der Waals surface area contributed by atoms with Gasteiger partial charge in [-0.1, -0.05) is 53.9 Å². The van der Waals surface area contributed by atoms with Gasteiger partial charge in [-0.2, -0.15) is 0 Å². The number of hydrogen-bond acceptors (Lipinski definition) is 7. The average Bonchev–Trinajstić information content (AvgIpc) is 3.42. The lowest BCUT2D eigenvalue weighted by atomic mass is 9.84. The first-order valence-corrected chi connectivity index (χ1v) is 18.7. The first-order chi connectivity index (χ1) is 24.1. The van der Waals surface area contributed by atoms with Crippen LogP contribution in [-0.4, -0.2) is 55.1 Å². The first kappa shape index (κ1) is 34.8. The van der Waals surface area contributed by atoms with E-state index in [4.69, 9.17) is 30.8 Å². The Balaban J connectivity index is 1.07. The number of para-hydroxylation sites is 1. The highest BCUT2D eigenvalue weighted by molar-refractivity contribution is 6.32. The molecule has 1 aliphatic carbocycles. The minimum Gasteiger partial charge on any atom is -0.445 e. The highest BCUT2D eigenvalue weighted by Gasteiger charge is 2.42. The molecule has 4 heterocycles. The molecule has 1 aromatic heterocycles. The number of likely N-dealkylation sites (tertiary alicyclic amines) is 1. The molecule has 8 heteroatoms. The van der Waals surface area contributed by atoms with Crippen molar-refractivity contribution >= 4 is 29.8 Å². The van der Waals surface area contributed by atoms with Crippen molar-refractivity contribution in [2.75, 3.05) is 37.7 Å².